The average molecular weight is 743 g/mol. The van der Waals surface area contributed by atoms with Crippen LogP contribution in [0.4, 0.5) is 10.5 Å². The first-order valence-corrected chi connectivity index (χ1v) is 18.6. The van der Waals surface area contributed by atoms with Crippen LogP contribution in [0.15, 0.2) is 47.8 Å². The molecular formula is C41H50N4O7S. The van der Waals surface area contributed by atoms with Gasteiger partial charge in [0.1, 0.15) is 17.0 Å². The third kappa shape index (κ3) is 10.4. The molecule has 0 aliphatic heterocycles. The van der Waals surface area contributed by atoms with E-state index in [4.69, 9.17) is 9.47 Å². The van der Waals surface area contributed by atoms with Crippen molar-refractivity contribution in [3.05, 3.63) is 87.0 Å². The van der Waals surface area contributed by atoms with E-state index in [1.807, 2.05) is 44.4 Å². The molecule has 4 aromatic rings. The van der Waals surface area contributed by atoms with E-state index in [1.165, 1.54) is 30.6 Å². The Morgan fingerprint density at radius 3 is 2.21 bits per heavy atom. The number of ether oxygens (including phenoxy) is 2. The average Bonchev–Trinajstić information content (AvgIpc) is 3.53. The highest BCUT2D eigenvalue weighted by Crippen LogP contribution is 2.41. The van der Waals surface area contributed by atoms with Crippen molar-refractivity contribution in [2.45, 2.75) is 86.8 Å². The maximum absolute atomic E-state index is 14.3. The number of aromatic hydroxyl groups is 1. The Bertz CT molecular complexity index is 1970. The summed E-state index contributed by atoms with van der Waals surface area (Å²) in [7, 11) is 1.21. The Labute approximate surface area is 315 Å². The van der Waals surface area contributed by atoms with Gasteiger partial charge in [-0.1, -0.05) is 38.8 Å². The number of aromatic nitrogens is 1. The molecule has 282 valence electrons. The SMILES string of the molecule is CCCCC(C)CNC(=O)c1ccc(-c2cc(O)c(-c3sccc3C)cc2C(=O)Nc2c(C)cc(CNC(=O)OC(C)(C)C)cc2C)c(C(=O)OC)n1. The number of hydrogen-bond donors (Lipinski definition) is 4. The van der Waals surface area contributed by atoms with Gasteiger partial charge in [0, 0.05) is 45.9 Å². The van der Waals surface area contributed by atoms with Crippen LogP contribution in [0.5, 0.6) is 5.75 Å². The molecule has 0 spiro atoms. The number of amides is 3. The van der Waals surface area contributed by atoms with Gasteiger partial charge in [-0.2, -0.15) is 0 Å². The Morgan fingerprint density at radius 2 is 1.60 bits per heavy atom. The molecule has 0 saturated carbocycles. The van der Waals surface area contributed by atoms with E-state index in [9.17, 15) is 24.3 Å². The van der Waals surface area contributed by atoms with Crippen molar-refractivity contribution >= 4 is 40.9 Å². The van der Waals surface area contributed by atoms with E-state index < -0.39 is 29.5 Å². The van der Waals surface area contributed by atoms with Crippen molar-refractivity contribution in [2.24, 2.45) is 5.92 Å². The number of rotatable bonds is 13. The molecule has 0 aliphatic rings. The summed E-state index contributed by atoms with van der Waals surface area (Å²) in [4.78, 5) is 58.1. The van der Waals surface area contributed by atoms with E-state index in [1.54, 1.807) is 32.9 Å². The zero-order valence-corrected chi connectivity index (χ0v) is 32.8. The van der Waals surface area contributed by atoms with Gasteiger partial charge in [-0.05, 0) is 112 Å². The number of esters is 1. The Hall–Kier alpha value is -5.23. The lowest BCUT2D eigenvalue weighted by molar-refractivity contribution is 0.0522. The normalized spacial score (nSPS) is 11.8. The molecule has 3 amide bonds. The van der Waals surface area contributed by atoms with Crippen LogP contribution in [0.25, 0.3) is 21.6 Å². The van der Waals surface area contributed by atoms with Crippen LogP contribution in [0, 0.1) is 26.7 Å². The minimum absolute atomic E-state index is 0.0189. The minimum atomic E-state index is -0.808. The van der Waals surface area contributed by atoms with Gasteiger partial charge in [0.05, 0.1) is 7.11 Å². The van der Waals surface area contributed by atoms with E-state index in [2.05, 4.69) is 34.8 Å². The number of methoxy groups -OCH3 is 1. The lowest BCUT2D eigenvalue weighted by Crippen LogP contribution is -2.32. The second-order valence-electron chi connectivity index (χ2n) is 14.3. The van der Waals surface area contributed by atoms with Crippen molar-refractivity contribution in [1.29, 1.82) is 0 Å². The number of pyridine rings is 1. The lowest BCUT2D eigenvalue weighted by atomic mass is 9.93. The third-order valence-corrected chi connectivity index (χ3v) is 9.66. The van der Waals surface area contributed by atoms with Crippen LogP contribution in [0.2, 0.25) is 0 Å². The fourth-order valence-electron chi connectivity index (χ4n) is 5.92. The molecule has 2 aromatic heterocycles. The second-order valence-corrected chi connectivity index (χ2v) is 15.2. The number of benzene rings is 2. The smallest absolute Gasteiger partial charge is 0.407 e. The number of thiophene rings is 1. The number of unbranched alkanes of at least 4 members (excludes halogenated alkanes) is 1. The fraction of sp³-hybridized carbons (Fsp3) is 0.390. The molecule has 0 saturated heterocycles. The van der Waals surface area contributed by atoms with Gasteiger partial charge in [0.15, 0.2) is 5.69 Å². The molecular weight excluding hydrogens is 693 g/mol. The van der Waals surface area contributed by atoms with Crippen molar-refractivity contribution < 1.29 is 33.8 Å². The van der Waals surface area contributed by atoms with Crippen LogP contribution in [-0.4, -0.2) is 53.2 Å². The number of hydrogen-bond acceptors (Lipinski definition) is 9. The van der Waals surface area contributed by atoms with Gasteiger partial charge in [0.2, 0.25) is 0 Å². The molecule has 53 heavy (non-hydrogen) atoms. The molecule has 12 heteroatoms. The zero-order chi connectivity index (χ0) is 39.0. The summed E-state index contributed by atoms with van der Waals surface area (Å²) < 4.78 is 10.4. The van der Waals surface area contributed by atoms with Gasteiger partial charge in [0.25, 0.3) is 11.8 Å². The molecule has 0 radical (unpaired) electrons. The Morgan fingerprint density at radius 1 is 0.906 bits per heavy atom. The summed E-state index contributed by atoms with van der Waals surface area (Å²) in [6.45, 7) is 15.9. The quantitative estimate of drug-likeness (QED) is 0.0992. The van der Waals surface area contributed by atoms with Gasteiger partial charge < -0.3 is 30.5 Å². The van der Waals surface area contributed by atoms with Crippen LogP contribution >= 0.6 is 11.3 Å². The molecule has 0 fully saturated rings. The zero-order valence-electron chi connectivity index (χ0n) is 32.0. The number of nitrogens with one attached hydrogen (secondary N) is 3. The highest BCUT2D eigenvalue weighted by atomic mass is 32.1. The minimum Gasteiger partial charge on any atom is -0.507 e. The highest BCUT2D eigenvalue weighted by Gasteiger charge is 2.26. The first-order chi connectivity index (χ1) is 25.0. The summed E-state index contributed by atoms with van der Waals surface area (Å²) in [6, 6.07) is 11.7. The second kappa shape index (κ2) is 17.5. The van der Waals surface area contributed by atoms with Crippen molar-refractivity contribution in [1.82, 2.24) is 15.6 Å². The highest BCUT2D eigenvalue weighted by molar-refractivity contribution is 7.13. The molecule has 11 nitrogen and oxygen atoms in total. The number of nitrogens with zero attached hydrogens (tertiary/aromatic N) is 1. The van der Waals surface area contributed by atoms with Gasteiger partial charge in [-0.25, -0.2) is 14.6 Å². The molecule has 1 atom stereocenters. The molecule has 1 unspecified atom stereocenters. The fourth-order valence-corrected chi connectivity index (χ4v) is 6.87. The summed E-state index contributed by atoms with van der Waals surface area (Å²) in [6.07, 6.45) is 2.56. The first kappa shape index (κ1) is 40.5. The summed E-state index contributed by atoms with van der Waals surface area (Å²) >= 11 is 1.42. The molecule has 4 rings (SSSR count). The summed E-state index contributed by atoms with van der Waals surface area (Å²) in [5.41, 5.74) is 4.06. The predicted octanol–water partition coefficient (Wildman–Crippen LogP) is 8.73. The van der Waals surface area contributed by atoms with Gasteiger partial charge >= 0.3 is 12.1 Å². The van der Waals surface area contributed by atoms with E-state index >= 15 is 0 Å². The number of phenolic OH excluding ortho intramolecular Hbond substituents is 1. The number of anilines is 1. The maximum Gasteiger partial charge on any atom is 0.407 e. The Balaban J connectivity index is 1.75. The molecule has 0 bridgehead atoms. The predicted molar refractivity (Wildman–Crippen MR) is 209 cm³/mol. The lowest BCUT2D eigenvalue weighted by Gasteiger charge is -2.20. The van der Waals surface area contributed by atoms with Crippen LogP contribution in [0.1, 0.15) is 107 Å². The molecule has 4 N–H and O–H groups in total. The van der Waals surface area contributed by atoms with Crippen LogP contribution < -0.4 is 16.0 Å². The summed E-state index contributed by atoms with van der Waals surface area (Å²) in [5.74, 6) is -1.58. The van der Waals surface area contributed by atoms with E-state index in [0.29, 0.717) is 17.8 Å². The molecule has 2 aromatic carbocycles. The number of carbonyl (C=O) groups is 4. The number of aryl methyl sites for hydroxylation is 3. The monoisotopic (exact) mass is 742 g/mol. The van der Waals surface area contributed by atoms with Crippen LogP contribution in [-0.2, 0) is 16.0 Å². The van der Waals surface area contributed by atoms with Crippen molar-refractivity contribution in [3.8, 4) is 27.3 Å². The third-order valence-electron chi connectivity index (χ3n) is 8.61. The van der Waals surface area contributed by atoms with E-state index in [0.717, 1.165) is 46.4 Å². The number of alkyl carbamates (subject to hydrolysis) is 1. The van der Waals surface area contributed by atoms with E-state index in [-0.39, 0.29) is 46.3 Å². The summed E-state index contributed by atoms with van der Waals surface area (Å²) in [5, 5.41) is 22.0. The standard InChI is InChI=1S/C41H50N4O7S/c1-10-11-12-23(2)21-42-38(48)32-14-13-28(35(44-32)39(49)51-9)29-20-33(46)31(36-24(3)15-16-53-36)19-30(29)37(47)45-34-25(4)17-27(18-26(34)5)22-43-40(50)52-41(6,7)8/h13-20,23,46H,10-12,21-22H2,1-9H3,(H,42,48)(H,43,50)(H,45,47). The largest absolute Gasteiger partial charge is 0.507 e. The first-order valence-electron chi connectivity index (χ1n) is 17.7. The topological polar surface area (TPSA) is 156 Å². The molecule has 2 heterocycles. The Kier molecular flexibility index (Phi) is 13.4. The van der Waals surface area contributed by atoms with Crippen molar-refractivity contribution in [3.63, 3.8) is 0 Å². The van der Waals surface area contributed by atoms with Gasteiger partial charge in [-0.3, -0.25) is 9.59 Å². The number of carbonyl (C=O) groups excluding carboxylic acids is 4. The maximum atomic E-state index is 14.3. The van der Waals surface area contributed by atoms with Crippen molar-refractivity contribution in [2.75, 3.05) is 19.0 Å². The van der Waals surface area contributed by atoms with Crippen LogP contribution in [0.3, 0.4) is 0 Å². The molecule has 0 aliphatic carbocycles. The number of phenols is 1. The van der Waals surface area contributed by atoms with Gasteiger partial charge in [-0.15, -0.1) is 11.3 Å².